The summed E-state index contributed by atoms with van der Waals surface area (Å²) in [5.41, 5.74) is 1.12. The van der Waals surface area contributed by atoms with E-state index in [1.807, 2.05) is 0 Å². The van der Waals surface area contributed by atoms with Crippen LogP contribution < -0.4 is 10.2 Å². The van der Waals surface area contributed by atoms with Crippen molar-refractivity contribution in [1.29, 1.82) is 0 Å². The van der Waals surface area contributed by atoms with E-state index in [2.05, 4.69) is 10.2 Å². The molecule has 1 aliphatic heterocycles. The van der Waals surface area contributed by atoms with Crippen molar-refractivity contribution in [3.8, 4) is 0 Å². The van der Waals surface area contributed by atoms with Gasteiger partial charge in [-0.15, -0.1) is 0 Å². The zero-order valence-corrected chi connectivity index (χ0v) is 15.8. The summed E-state index contributed by atoms with van der Waals surface area (Å²) in [7, 11) is -0.670. The van der Waals surface area contributed by atoms with Crippen LogP contribution in [0.3, 0.4) is 0 Å². The number of hydrogen-bond acceptors (Lipinski definition) is 5. The number of hydrogen-bond donors (Lipinski definition) is 1. The van der Waals surface area contributed by atoms with Gasteiger partial charge in [0.2, 0.25) is 10.0 Å². The monoisotopic (exact) mass is 377 g/mol. The average Bonchev–Trinajstić information content (AvgIpc) is 3.32. The van der Waals surface area contributed by atoms with Gasteiger partial charge in [-0.25, -0.2) is 12.7 Å². The Hall–Kier alpha value is -2.32. The fourth-order valence-electron chi connectivity index (χ4n) is 2.98. The van der Waals surface area contributed by atoms with Gasteiger partial charge in [0.05, 0.1) is 23.3 Å². The van der Waals surface area contributed by atoms with E-state index in [0.29, 0.717) is 11.3 Å². The Balaban J connectivity index is 1.93. The molecule has 0 saturated carbocycles. The van der Waals surface area contributed by atoms with Gasteiger partial charge in [-0.3, -0.25) is 4.79 Å². The second kappa shape index (κ2) is 7.51. The highest BCUT2D eigenvalue weighted by atomic mass is 32.2. The van der Waals surface area contributed by atoms with Crippen LogP contribution in [0.5, 0.6) is 0 Å². The maximum absolute atomic E-state index is 12.8. The van der Waals surface area contributed by atoms with Gasteiger partial charge in [-0.05, 0) is 43.2 Å². The van der Waals surface area contributed by atoms with Crippen LogP contribution >= 0.6 is 0 Å². The number of benzene rings is 1. The SMILES string of the molecule is CN(C)S(=O)(=O)c1ccc(N2CCCC2)c(C(=O)NCc2ccco2)c1. The summed E-state index contributed by atoms with van der Waals surface area (Å²) in [5, 5.41) is 2.81. The van der Waals surface area contributed by atoms with Gasteiger partial charge in [0.25, 0.3) is 5.91 Å². The number of nitrogens with zero attached hydrogens (tertiary/aromatic N) is 2. The van der Waals surface area contributed by atoms with Crippen LogP contribution in [0.2, 0.25) is 0 Å². The van der Waals surface area contributed by atoms with Crippen LogP contribution in [0.25, 0.3) is 0 Å². The topological polar surface area (TPSA) is 82.9 Å². The van der Waals surface area contributed by atoms with Crippen molar-refractivity contribution < 1.29 is 17.6 Å². The Morgan fingerprint density at radius 1 is 1.23 bits per heavy atom. The van der Waals surface area contributed by atoms with Gasteiger partial charge in [0.1, 0.15) is 5.76 Å². The van der Waals surface area contributed by atoms with E-state index in [9.17, 15) is 13.2 Å². The molecule has 2 aromatic rings. The van der Waals surface area contributed by atoms with E-state index in [1.54, 1.807) is 30.5 Å². The van der Waals surface area contributed by atoms with Gasteiger partial charge in [-0.1, -0.05) is 0 Å². The Morgan fingerprint density at radius 3 is 2.58 bits per heavy atom. The zero-order valence-electron chi connectivity index (χ0n) is 14.9. The number of anilines is 1. The molecule has 1 aromatic carbocycles. The van der Waals surface area contributed by atoms with Crippen LogP contribution in [-0.4, -0.2) is 45.8 Å². The van der Waals surface area contributed by atoms with Crippen molar-refractivity contribution in [2.24, 2.45) is 0 Å². The van der Waals surface area contributed by atoms with E-state index >= 15 is 0 Å². The summed E-state index contributed by atoms with van der Waals surface area (Å²) in [6, 6.07) is 8.27. The number of carbonyl (C=O) groups is 1. The fraction of sp³-hybridized carbons (Fsp3) is 0.389. The van der Waals surface area contributed by atoms with E-state index < -0.39 is 10.0 Å². The highest BCUT2D eigenvalue weighted by molar-refractivity contribution is 7.89. The Bertz CT molecular complexity index is 870. The molecule has 0 aliphatic carbocycles. The van der Waals surface area contributed by atoms with Crippen LogP contribution in [0.4, 0.5) is 5.69 Å². The molecule has 0 atom stereocenters. The first-order valence-electron chi connectivity index (χ1n) is 8.51. The quantitative estimate of drug-likeness (QED) is 0.833. The highest BCUT2D eigenvalue weighted by Crippen LogP contribution is 2.28. The van der Waals surface area contributed by atoms with E-state index in [4.69, 9.17) is 4.42 Å². The average molecular weight is 377 g/mol. The molecule has 7 nitrogen and oxygen atoms in total. The van der Waals surface area contributed by atoms with E-state index in [-0.39, 0.29) is 17.3 Å². The second-order valence-electron chi connectivity index (χ2n) is 6.42. The molecule has 0 radical (unpaired) electrons. The van der Waals surface area contributed by atoms with Gasteiger partial charge in [0.15, 0.2) is 0 Å². The van der Waals surface area contributed by atoms with Crippen LogP contribution in [0.15, 0.2) is 45.9 Å². The molecule has 140 valence electrons. The number of amides is 1. The third-order valence-electron chi connectivity index (χ3n) is 4.44. The minimum Gasteiger partial charge on any atom is -0.467 e. The van der Waals surface area contributed by atoms with Crippen LogP contribution in [-0.2, 0) is 16.6 Å². The third-order valence-corrected chi connectivity index (χ3v) is 6.25. The highest BCUT2D eigenvalue weighted by Gasteiger charge is 2.24. The molecule has 1 fully saturated rings. The Kier molecular flexibility index (Phi) is 5.33. The van der Waals surface area contributed by atoms with Crippen molar-refractivity contribution in [2.45, 2.75) is 24.3 Å². The molecule has 1 N–H and O–H groups in total. The first kappa shape index (κ1) is 18.5. The second-order valence-corrected chi connectivity index (χ2v) is 8.57. The molecule has 3 rings (SSSR count). The number of furan rings is 1. The first-order chi connectivity index (χ1) is 12.4. The summed E-state index contributed by atoms with van der Waals surface area (Å²) in [5.74, 6) is 0.317. The lowest BCUT2D eigenvalue weighted by molar-refractivity contribution is 0.0948. The molecular weight excluding hydrogens is 354 g/mol. The molecule has 1 aromatic heterocycles. The van der Waals surface area contributed by atoms with Crippen molar-refractivity contribution in [3.63, 3.8) is 0 Å². The maximum Gasteiger partial charge on any atom is 0.253 e. The largest absolute Gasteiger partial charge is 0.467 e. The van der Waals surface area contributed by atoms with Gasteiger partial charge >= 0.3 is 0 Å². The third kappa shape index (κ3) is 3.76. The first-order valence-corrected chi connectivity index (χ1v) is 9.96. The lowest BCUT2D eigenvalue weighted by Crippen LogP contribution is -2.28. The van der Waals surface area contributed by atoms with Crippen molar-refractivity contribution in [3.05, 3.63) is 47.9 Å². The number of sulfonamides is 1. The van der Waals surface area contributed by atoms with E-state index in [0.717, 1.165) is 35.9 Å². The van der Waals surface area contributed by atoms with Crippen molar-refractivity contribution >= 4 is 21.6 Å². The molecule has 1 amide bonds. The summed E-state index contributed by atoms with van der Waals surface area (Å²) < 4.78 is 31.3. The predicted octanol–water partition coefficient (Wildman–Crippen LogP) is 2.06. The summed E-state index contributed by atoms with van der Waals surface area (Å²) in [6.45, 7) is 1.96. The summed E-state index contributed by atoms with van der Waals surface area (Å²) >= 11 is 0. The van der Waals surface area contributed by atoms with Crippen molar-refractivity contribution in [2.75, 3.05) is 32.1 Å². The number of nitrogens with one attached hydrogen (secondary N) is 1. The number of carbonyl (C=O) groups excluding carboxylic acids is 1. The fourth-order valence-corrected chi connectivity index (χ4v) is 3.91. The minimum atomic E-state index is -3.62. The normalized spacial score (nSPS) is 14.8. The van der Waals surface area contributed by atoms with Crippen molar-refractivity contribution in [1.82, 2.24) is 9.62 Å². The molecule has 1 saturated heterocycles. The maximum atomic E-state index is 12.8. The standard InChI is InChI=1S/C18H23N3O4S/c1-20(2)26(23,24)15-7-8-17(21-9-3-4-10-21)16(12-15)18(22)19-13-14-6-5-11-25-14/h5-8,11-12H,3-4,9-10,13H2,1-2H3,(H,19,22). The lowest BCUT2D eigenvalue weighted by Gasteiger charge is -2.22. The molecule has 26 heavy (non-hydrogen) atoms. The van der Waals surface area contributed by atoms with Crippen LogP contribution in [0, 0.1) is 0 Å². The molecule has 2 heterocycles. The van der Waals surface area contributed by atoms with Gasteiger partial charge in [-0.2, -0.15) is 0 Å². The molecule has 8 heteroatoms. The van der Waals surface area contributed by atoms with Crippen LogP contribution in [0.1, 0.15) is 29.0 Å². The Morgan fingerprint density at radius 2 is 1.96 bits per heavy atom. The molecule has 1 aliphatic rings. The van der Waals surface area contributed by atoms with E-state index in [1.165, 1.54) is 20.2 Å². The summed E-state index contributed by atoms with van der Waals surface area (Å²) in [4.78, 5) is 15.0. The molecule has 0 bridgehead atoms. The molecular formula is C18H23N3O4S. The minimum absolute atomic E-state index is 0.105. The molecule has 0 unspecified atom stereocenters. The van der Waals surface area contributed by atoms with Gasteiger partial charge < -0.3 is 14.6 Å². The summed E-state index contributed by atoms with van der Waals surface area (Å²) in [6.07, 6.45) is 3.66. The zero-order chi connectivity index (χ0) is 18.7. The lowest BCUT2D eigenvalue weighted by atomic mass is 10.1. The Labute approximate surface area is 153 Å². The number of rotatable bonds is 6. The predicted molar refractivity (Wildman–Crippen MR) is 98.6 cm³/mol. The smallest absolute Gasteiger partial charge is 0.253 e. The van der Waals surface area contributed by atoms with Gasteiger partial charge in [0, 0.05) is 32.9 Å². The molecule has 0 spiro atoms.